The minimum Gasteiger partial charge on any atom is -0.495 e. The zero-order chi connectivity index (χ0) is 21.1. The summed E-state index contributed by atoms with van der Waals surface area (Å²) in [5.74, 6) is 0.405. The highest BCUT2D eigenvalue weighted by atomic mass is 35.5. The Labute approximate surface area is 178 Å². The van der Waals surface area contributed by atoms with E-state index in [1.165, 1.54) is 16.3 Å². The molecule has 0 saturated heterocycles. The minimum atomic E-state index is -0.457. The third kappa shape index (κ3) is 4.57. The molecule has 1 heterocycles. The van der Waals surface area contributed by atoms with Crippen molar-refractivity contribution in [2.75, 3.05) is 7.11 Å². The molecule has 0 aliphatic rings. The summed E-state index contributed by atoms with van der Waals surface area (Å²) in [6, 6.07) is 12.2. The molecule has 152 valence electrons. The lowest BCUT2D eigenvalue weighted by Gasteiger charge is -2.18. The molecule has 0 spiro atoms. The zero-order valence-corrected chi connectivity index (χ0v) is 18.2. The highest BCUT2D eigenvalue weighted by Crippen LogP contribution is 2.29. The highest BCUT2D eigenvalue weighted by molar-refractivity contribution is 8.00. The van der Waals surface area contributed by atoms with Gasteiger partial charge in [-0.3, -0.25) is 14.2 Å². The summed E-state index contributed by atoms with van der Waals surface area (Å²) in [6.45, 7) is 5.58. The standard InChI is InChI=1S/C21H22ClN3O3S/c1-12(2)23-19(26)13(3)29-21-24-16-11-14(22)9-10-15(16)20(27)25(21)17-7-5-6-8-18(17)28-4/h5-13H,1-4H3,(H,23,26). The maximum Gasteiger partial charge on any atom is 0.266 e. The largest absolute Gasteiger partial charge is 0.495 e. The molecule has 1 unspecified atom stereocenters. The van der Waals surface area contributed by atoms with Crippen LogP contribution in [0.3, 0.4) is 0 Å². The lowest BCUT2D eigenvalue weighted by atomic mass is 10.2. The lowest BCUT2D eigenvalue weighted by molar-refractivity contribution is -0.120. The van der Waals surface area contributed by atoms with E-state index in [2.05, 4.69) is 10.3 Å². The van der Waals surface area contributed by atoms with Gasteiger partial charge >= 0.3 is 0 Å². The molecule has 1 N–H and O–H groups in total. The van der Waals surface area contributed by atoms with E-state index in [1.54, 1.807) is 44.4 Å². The summed E-state index contributed by atoms with van der Waals surface area (Å²) in [7, 11) is 1.55. The Morgan fingerprint density at radius 2 is 1.93 bits per heavy atom. The van der Waals surface area contributed by atoms with Crippen LogP contribution in [0, 0.1) is 0 Å². The number of thioether (sulfide) groups is 1. The number of fused-ring (bicyclic) bond motifs is 1. The number of halogens is 1. The molecule has 6 nitrogen and oxygen atoms in total. The average molecular weight is 432 g/mol. The lowest BCUT2D eigenvalue weighted by Crippen LogP contribution is -2.36. The van der Waals surface area contributed by atoms with Gasteiger partial charge in [-0.05, 0) is 51.1 Å². The summed E-state index contributed by atoms with van der Waals surface area (Å²) < 4.78 is 6.93. The summed E-state index contributed by atoms with van der Waals surface area (Å²) in [4.78, 5) is 30.5. The quantitative estimate of drug-likeness (QED) is 0.470. The minimum absolute atomic E-state index is 0.0188. The van der Waals surface area contributed by atoms with Crippen molar-refractivity contribution in [2.45, 2.75) is 37.2 Å². The molecule has 0 saturated carbocycles. The monoisotopic (exact) mass is 431 g/mol. The number of amides is 1. The van der Waals surface area contributed by atoms with Crippen LogP contribution in [0.1, 0.15) is 20.8 Å². The van der Waals surface area contributed by atoms with Crippen molar-refractivity contribution in [3.63, 3.8) is 0 Å². The fraction of sp³-hybridized carbons (Fsp3) is 0.286. The van der Waals surface area contributed by atoms with Crippen LogP contribution < -0.4 is 15.6 Å². The molecule has 0 aliphatic heterocycles. The number of benzene rings is 2. The maximum absolute atomic E-state index is 13.4. The van der Waals surface area contributed by atoms with Gasteiger partial charge in [0, 0.05) is 11.1 Å². The Hall–Kier alpha value is -2.51. The average Bonchev–Trinajstić information content (AvgIpc) is 2.67. The molecule has 0 aliphatic carbocycles. The molecule has 0 radical (unpaired) electrons. The van der Waals surface area contributed by atoms with Gasteiger partial charge in [0.25, 0.3) is 5.56 Å². The van der Waals surface area contributed by atoms with Crippen LogP contribution >= 0.6 is 23.4 Å². The van der Waals surface area contributed by atoms with Crippen molar-refractivity contribution in [3.05, 3.63) is 57.8 Å². The predicted octanol–water partition coefficient (Wildman–Crippen LogP) is 4.05. The van der Waals surface area contributed by atoms with Gasteiger partial charge in [0.05, 0.1) is 29.0 Å². The number of ether oxygens (including phenoxy) is 1. The van der Waals surface area contributed by atoms with Crippen LogP contribution in [0.4, 0.5) is 0 Å². The Morgan fingerprint density at radius 1 is 1.21 bits per heavy atom. The number of carbonyl (C=O) groups is 1. The Bertz CT molecular complexity index is 1110. The molecule has 1 amide bonds. The van der Waals surface area contributed by atoms with E-state index in [0.717, 1.165) is 0 Å². The van der Waals surface area contributed by atoms with Gasteiger partial charge in [0.2, 0.25) is 5.91 Å². The molecule has 3 aromatic rings. The number of nitrogens with zero attached hydrogens (tertiary/aromatic N) is 2. The second kappa shape index (κ2) is 8.88. The Morgan fingerprint density at radius 3 is 2.62 bits per heavy atom. The van der Waals surface area contributed by atoms with E-state index in [4.69, 9.17) is 16.3 Å². The maximum atomic E-state index is 13.4. The molecule has 2 aromatic carbocycles. The van der Waals surface area contributed by atoms with Crippen LogP contribution in [0.2, 0.25) is 5.02 Å². The summed E-state index contributed by atoms with van der Waals surface area (Å²) in [5, 5.41) is 3.74. The fourth-order valence-electron chi connectivity index (χ4n) is 2.86. The second-order valence-electron chi connectivity index (χ2n) is 6.79. The van der Waals surface area contributed by atoms with Crippen molar-refractivity contribution in [3.8, 4) is 11.4 Å². The van der Waals surface area contributed by atoms with E-state index in [9.17, 15) is 9.59 Å². The van der Waals surface area contributed by atoms with Crippen molar-refractivity contribution in [2.24, 2.45) is 0 Å². The fourth-order valence-corrected chi connectivity index (χ4v) is 3.95. The second-order valence-corrected chi connectivity index (χ2v) is 8.54. The number of nitrogens with one attached hydrogen (secondary N) is 1. The van der Waals surface area contributed by atoms with E-state index in [1.807, 2.05) is 26.0 Å². The smallest absolute Gasteiger partial charge is 0.266 e. The number of rotatable bonds is 6. The first-order valence-corrected chi connectivity index (χ1v) is 10.4. The molecular weight excluding hydrogens is 410 g/mol. The van der Waals surface area contributed by atoms with Gasteiger partial charge in [-0.25, -0.2) is 4.98 Å². The normalized spacial score (nSPS) is 12.2. The topological polar surface area (TPSA) is 73.2 Å². The number of para-hydroxylation sites is 2. The van der Waals surface area contributed by atoms with Gasteiger partial charge < -0.3 is 10.1 Å². The Kier molecular flexibility index (Phi) is 6.49. The van der Waals surface area contributed by atoms with Crippen molar-refractivity contribution in [1.29, 1.82) is 0 Å². The van der Waals surface area contributed by atoms with E-state index < -0.39 is 5.25 Å². The molecule has 0 fully saturated rings. The van der Waals surface area contributed by atoms with Crippen LogP contribution in [0.5, 0.6) is 5.75 Å². The summed E-state index contributed by atoms with van der Waals surface area (Å²) in [5.41, 5.74) is 0.783. The van der Waals surface area contributed by atoms with Crippen LogP contribution in [0.25, 0.3) is 16.6 Å². The van der Waals surface area contributed by atoms with Crippen LogP contribution in [-0.2, 0) is 4.79 Å². The molecular formula is C21H22ClN3O3S. The van der Waals surface area contributed by atoms with Crippen LogP contribution in [0.15, 0.2) is 52.4 Å². The first-order chi connectivity index (χ1) is 13.8. The Balaban J connectivity index is 2.21. The molecule has 1 atom stereocenters. The van der Waals surface area contributed by atoms with Crippen LogP contribution in [-0.4, -0.2) is 33.9 Å². The summed E-state index contributed by atoms with van der Waals surface area (Å²) in [6.07, 6.45) is 0. The number of hydrogen-bond donors (Lipinski definition) is 1. The third-order valence-corrected chi connectivity index (χ3v) is 5.50. The van der Waals surface area contributed by atoms with Gasteiger partial charge in [0.15, 0.2) is 5.16 Å². The van der Waals surface area contributed by atoms with Crippen molar-refractivity contribution in [1.82, 2.24) is 14.9 Å². The highest BCUT2D eigenvalue weighted by Gasteiger charge is 2.22. The number of hydrogen-bond acceptors (Lipinski definition) is 5. The number of aromatic nitrogens is 2. The SMILES string of the molecule is COc1ccccc1-n1c(SC(C)C(=O)NC(C)C)nc2cc(Cl)ccc2c1=O. The van der Waals surface area contributed by atoms with E-state index in [-0.39, 0.29) is 17.5 Å². The van der Waals surface area contributed by atoms with Crippen molar-refractivity contribution >= 4 is 40.2 Å². The molecule has 3 rings (SSSR count). The van der Waals surface area contributed by atoms with Gasteiger partial charge in [-0.15, -0.1) is 0 Å². The first-order valence-electron chi connectivity index (χ1n) is 9.14. The van der Waals surface area contributed by atoms with Gasteiger partial charge in [-0.2, -0.15) is 0 Å². The zero-order valence-electron chi connectivity index (χ0n) is 16.6. The van der Waals surface area contributed by atoms with Gasteiger partial charge in [-0.1, -0.05) is 35.5 Å². The van der Waals surface area contributed by atoms with Crippen molar-refractivity contribution < 1.29 is 9.53 Å². The predicted molar refractivity (Wildman–Crippen MR) is 117 cm³/mol. The molecule has 8 heteroatoms. The van der Waals surface area contributed by atoms with E-state index >= 15 is 0 Å². The van der Waals surface area contributed by atoms with Gasteiger partial charge in [0.1, 0.15) is 5.75 Å². The number of carbonyl (C=O) groups excluding carboxylic acids is 1. The van der Waals surface area contributed by atoms with E-state index in [0.29, 0.717) is 32.5 Å². The summed E-state index contributed by atoms with van der Waals surface area (Å²) >= 11 is 7.31. The third-order valence-electron chi connectivity index (χ3n) is 4.21. The number of methoxy groups -OCH3 is 1. The molecule has 29 heavy (non-hydrogen) atoms. The molecule has 1 aromatic heterocycles. The molecule has 0 bridgehead atoms. The first kappa shape index (κ1) is 21.2.